The summed E-state index contributed by atoms with van der Waals surface area (Å²) in [7, 11) is 0. The normalized spacial score (nSPS) is 21.9. The van der Waals surface area contributed by atoms with Crippen LogP contribution in [0, 0.1) is 6.92 Å². The largest absolute Gasteiger partial charge is 0.480 e. The van der Waals surface area contributed by atoms with Crippen molar-refractivity contribution >= 4 is 41.1 Å². The van der Waals surface area contributed by atoms with Crippen LogP contribution < -0.4 is 5.32 Å². The Kier molecular flexibility index (Phi) is 4.45. The smallest absolute Gasteiger partial charge is 0.327 e. The van der Waals surface area contributed by atoms with Gasteiger partial charge in [0.05, 0.1) is 5.37 Å². The number of rotatable bonds is 2. The third kappa shape index (κ3) is 3.02. The minimum Gasteiger partial charge on any atom is -0.480 e. The number of halogens is 1. The molecule has 2 unspecified atom stereocenters. The lowest BCUT2D eigenvalue weighted by molar-refractivity contribution is -0.141. The molecule has 0 aromatic heterocycles. The van der Waals surface area contributed by atoms with Crippen molar-refractivity contribution < 1.29 is 14.7 Å². The molecule has 2 N–H and O–H groups in total. The number of urea groups is 1. The second-order valence-corrected chi connectivity index (χ2v) is 6.37. The zero-order valence-electron chi connectivity index (χ0n) is 11.1. The first-order chi connectivity index (χ1) is 9.40. The van der Waals surface area contributed by atoms with E-state index in [-0.39, 0.29) is 5.37 Å². The highest BCUT2D eigenvalue weighted by atomic mass is 35.5. The second kappa shape index (κ2) is 5.93. The number of nitrogens with one attached hydrogen (secondary N) is 1. The summed E-state index contributed by atoms with van der Waals surface area (Å²) in [6, 6.07) is 3.98. The fourth-order valence-corrected chi connectivity index (χ4v) is 3.39. The van der Waals surface area contributed by atoms with Gasteiger partial charge in [0.25, 0.3) is 0 Å². The van der Waals surface area contributed by atoms with Gasteiger partial charge in [-0.2, -0.15) is 0 Å². The zero-order chi connectivity index (χ0) is 14.9. The predicted molar refractivity (Wildman–Crippen MR) is 80.4 cm³/mol. The van der Waals surface area contributed by atoms with Gasteiger partial charge in [-0.05, 0) is 31.5 Å². The lowest BCUT2D eigenvalue weighted by Crippen LogP contribution is -2.46. The number of anilines is 1. The van der Waals surface area contributed by atoms with E-state index in [1.807, 2.05) is 13.8 Å². The zero-order valence-corrected chi connectivity index (χ0v) is 12.7. The van der Waals surface area contributed by atoms with Crippen LogP contribution in [-0.2, 0) is 4.79 Å². The Bertz CT molecular complexity index is 552. The van der Waals surface area contributed by atoms with Gasteiger partial charge in [0.2, 0.25) is 0 Å². The van der Waals surface area contributed by atoms with Crippen LogP contribution in [0.2, 0.25) is 5.02 Å². The summed E-state index contributed by atoms with van der Waals surface area (Å²) in [5.41, 5.74) is 1.46. The van der Waals surface area contributed by atoms with Crippen LogP contribution in [0.1, 0.15) is 12.5 Å². The van der Waals surface area contributed by atoms with Crippen LogP contribution in [0.4, 0.5) is 10.5 Å². The van der Waals surface area contributed by atoms with Gasteiger partial charge < -0.3 is 10.4 Å². The number of carbonyl (C=O) groups is 2. The Morgan fingerprint density at radius 1 is 1.50 bits per heavy atom. The van der Waals surface area contributed by atoms with Crippen LogP contribution in [0.5, 0.6) is 0 Å². The minimum absolute atomic E-state index is 0.171. The molecule has 0 radical (unpaired) electrons. The Morgan fingerprint density at radius 3 is 2.85 bits per heavy atom. The fraction of sp³-hybridized carbons (Fsp3) is 0.385. The maximum Gasteiger partial charge on any atom is 0.327 e. The molecule has 0 bridgehead atoms. The van der Waals surface area contributed by atoms with Gasteiger partial charge in [-0.3, -0.25) is 4.90 Å². The molecule has 1 aliphatic rings. The van der Waals surface area contributed by atoms with Gasteiger partial charge in [-0.15, -0.1) is 11.8 Å². The highest BCUT2D eigenvalue weighted by Crippen LogP contribution is 2.30. The summed E-state index contributed by atoms with van der Waals surface area (Å²) in [6.45, 7) is 3.67. The van der Waals surface area contributed by atoms with E-state index >= 15 is 0 Å². The van der Waals surface area contributed by atoms with Crippen molar-refractivity contribution in [1.29, 1.82) is 0 Å². The van der Waals surface area contributed by atoms with Crippen molar-refractivity contribution in [3.05, 3.63) is 28.8 Å². The molecule has 5 nitrogen and oxygen atoms in total. The molecule has 1 saturated heterocycles. The van der Waals surface area contributed by atoms with Crippen LogP contribution in [0.3, 0.4) is 0 Å². The molecule has 1 fully saturated rings. The maximum atomic E-state index is 12.3. The summed E-state index contributed by atoms with van der Waals surface area (Å²) in [5.74, 6) is -0.585. The standard InChI is InChI=1S/C13H15ClN2O3S/c1-7-3-4-9(14)5-10(7)15-13(19)16-8(2)20-6-11(16)12(17)18/h3-5,8,11H,6H2,1-2H3,(H,15,19)(H,17,18). The molecule has 2 atom stereocenters. The molecule has 2 amide bonds. The Labute approximate surface area is 126 Å². The van der Waals surface area contributed by atoms with Crippen LogP contribution >= 0.6 is 23.4 Å². The van der Waals surface area contributed by atoms with Gasteiger partial charge in [0.15, 0.2) is 0 Å². The second-order valence-electron chi connectivity index (χ2n) is 4.58. The maximum absolute atomic E-state index is 12.3. The Hall–Kier alpha value is -1.40. The monoisotopic (exact) mass is 314 g/mol. The molecule has 20 heavy (non-hydrogen) atoms. The van der Waals surface area contributed by atoms with E-state index in [4.69, 9.17) is 16.7 Å². The van der Waals surface area contributed by atoms with Crippen molar-refractivity contribution in [2.45, 2.75) is 25.3 Å². The van der Waals surface area contributed by atoms with E-state index in [1.54, 1.807) is 18.2 Å². The summed E-state index contributed by atoms with van der Waals surface area (Å²) in [6.07, 6.45) is 0. The topological polar surface area (TPSA) is 69.6 Å². The molecule has 1 aromatic rings. The molecule has 7 heteroatoms. The fourth-order valence-electron chi connectivity index (χ4n) is 2.05. The van der Waals surface area contributed by atoms with E-state index in [0.717, 1.165) is 5.56 Å². The molecular formula is C13H15ClN2O3S. The molecule has 0 aliphatic carbocycles. The molecule has 1 aliphatic heterocycles. The average Bonchev–Trinajstić information content (AvgIpc) is 2.76. The van der Waals surface area contributed by atoms with Gasteiger partial charge in [0.1, 0.15) is 6.04 Å². The molecule has 2 rings (SSSR count). The van der Waals surface area contributed by atoms with Crippen molar-refractivity contribution in [1.82, 2.24) is 4.90 Å². The number of benzene rings is 1. The average molecular weight is 315 g/mol. The number of carboxylic acid groups (broad SMARTS) is 1. The predicted octanol–water partition coefficient (Wildman–Crippen LogP) is 3.03. The molecule has 0 saturated carbocycles. The number of thioether (sulfide) groups is 1. The molecule has 108 valence electrons. The van der Waals surface area contributed by atoms with Gasteiger partial charge >= 0.3 is 12.0 Å². The number of nitrogens with zero attached hydrogens (tertiary/aromatic N) is 1. The highest BCUT2D eigenvalue weighted by Gasteiger charge is 2.39. The van der Waals surface area contributed by atoms with Gasteiger partial charge in [0, 0.05) is 16.5 Å². The molecular weight excluding hydrogens is 300 g/mol. The van der Waals surface area contributed by atoms with Crippen molar-refractivity contribution in [2.24, 2.45) is 0 Å². The van der Waals surface area contributed by atoms with Crippen molar-refractivity contribution in [3.8, 4) is 0 Å². The van der Waals surface area contributed by atoms with E-state index in [2.05, 4.69) is 5.32 Å². The lowest BCUT2D eigenvalue weighted by Gasteiger charge is -2.25. The molecule has 0 spiro atoms. The first-order valence-corrected chi connectivity index (χ1v) is 7.52. The third-order valence-corrected chi connectivity index (χ3v) is 4.64. The minimum atomic E-state index is -0.986. The lowest BCUT2D eigenvalue weighted by atomic mass is 10.2. The van der Waals surface area contributed by atoms with Crippen molar-refractivity contribution in [3.63, 3.8) is 0 Å². The van der Waals surface area contributed by atoms with E-state index in [0.29, 0.717) is 16.5 Å². The number of amides is 2. The summed E-state index contributed by atoms with van der Waals surface area (Å²) >= 11 is 7.35. The summed E-state index contributed by atoms with van der Waals surface area (Å²) < 4.78 is 0. The molecule has 1 aromatic carbocycles. The number of carbonyl (C=O) groups excluding carboxylic acids is 1. The molecule has 1 heterocycles. The number of hydrogen-bond donors (Lipinski definition) is 2. The van der Waals surface area contributed by atoms with E-state index < -0.39 is 18.0 Å². The van der Waals surface area contributed by atoms with Crippen LogP contribution in [0.25, 0.3) is 0 Å². The first kappa shape index (κ1) is 15.0. The quantitative estimate of drug-likeness (QED) is 0.880. The highest BCUT2D eigenvalue weighted by molar-refractivity contribution is 8.00. The summed E-state index contributed by atoms with van der Waals surface area (Å²) in [4.78, 5) is 24.8. The number of carboxylic acids is 1. The number of aryl methyl sites for hydroxylation is 1. The van der Waals surface area contributed by atoms with Crippen LogP contribution in [-0.4, -0.2) is 39.2 Å². The number of hydrogen-bond acceptors (Lipinski definition) is 3. The SMILES string of the molecule is Cc1ccc(Cl)cc1NC(=O)N1C(C)SCC1C(=O)O. The Morgan fingerprint density at radius 2 is 2.20 bits per heavy atom. The third-order valence-electron chi connectivity index (χ3n) is 3.18. The van der Waals surface area contributed by atoms with Crippen molar-refractivity contribution in [2.75, 3.05) is 11.1 Å². The first-order valence-electron chi connectivity index (χ1n) is 6.10. The number of aliphatic carboxylic acids is 1. The van der Waals surface area contributed by atoms with E-state index in [9.17, 15) is 9.59 Å². The van der Waals surface area contributed by atoms with Gasteiger partial charge in [-0.1, -0.05) is 17.7 Å². The van der Waals surface area contributed by atoms with E-state index in [1.165, 1.54) is 16.7 Å². The Balaban J connectivity index is 2.18. The van der Waals surface area contributed by atoms with Gasteiger partial charge in [-0.25, -0.2) is 9.59 Å². The van der Waals surface area contributed by atoms with Crippen LogP contribution in [0.15, 0.2) is 18.2 Å². The summed E-state index contributed by atoms with van der Waals surface area (Å²) in [5, 5.41) is 12.2.